The van der Waals surface area contributed by atoms with Gasteiger partial charge in [0, 0.05) is 12.6 Å². The lowest BCUT2D eigenvalue weighted by Crippen LogP contribution is -2.47. The van der Waals surface area contributed by atoms with Gasteiger partial charge < -0.3 is 19.5 Å². The van der Waals surface area contributed by atoms with E-state index in [1.165, 1.54) is 32.4 Å². The van der Waals surface area contributed by atoms with Crippen molar-refractivity contribution in [2.45, 2.75) is 23.9 Å². The van der Waals surface area contributed by atoms with Crippen molar-refractivity contribution in [2.75, 3.05) is 21.3 Å². The second-order valence-corrected chi connectivity index (χ2v) is 9.16. The Morgan fingerprint density at radius 1 is 0.824 bits per heavy atom. The van der Waals surface area contributed by atoms with Gasteiger partial charge in [-0.1, -0.05) is 42.5 Å². The van der Waals surface area contributed by atoms with Gasteiger partial charge in [-0.2, -0.15) is 4.72 Å². The lowest BCUT2D eigenvalue weighted by atomic mass is 10.1. The number of carbonyl (C=O) groups excluding carboxylic acids is 1. The summed E-state index contributed by atoms with van der Waals surface area (Å²) >= 11 is 0. The van der Waals surface area contributed by atoms with Crippen LogP contribution >= 0.6 is 0 Å². The third kappa shape index (κ3) is 6.49. The first-order chi connectivity index (χ1) is 16.4. The highest BCUT2D eigenvalue weighted by molar-refractivity contribution is 7.89. The summed E-state index contributed by atoms with van der Waals surface area (Å²) in [6.07, 6.45) is 0.182. The second-order valence-electron chi connectivity index (χ2n) is 7.45. The largest absolute Gasteiger partial charge is 0.497 e. The highest BCUT2D eigenvalue weighted by atomic mass is 32.2. The molecule has 0 saturated carbocycles. The quantitative estimate of drug-likeness (QED) is 0.434. The monoisotopic (exact) mass is 484 g/mol. The van der Waals surface area contributed by atoms with E-state index in [9.17, 15) is 13.2 Å². The summed E-state index contributed by atoms with van der Waals surface area (Å²) in [6.45, 7) is 0.242. The van der Waals surface area contributed by atoms with Gasteiger partial charge >= 0.3 is 0 Å². The first-order valence-electron chi connectivity index (χ1n) is 10.5. The summed E-state index contributed by atoms with van der Waals surface area (Å²) in [7, 11) is 0.430. The van der Waals surface area contributed by atoms with Gasteiger partial charge in [0.2, 0.25) is 15.9 Å². The van der Waals surface area contributed by atoms with Gasteiger partial charge in [0.25, 0.3) is 0 Å². The van der Waals surface area contributed by atoms with Crippen molar-refractivity contribution in [1.82, 2.24) is 10.0 Å². The fourth-order valence-electron chi connectivity index (χ4n) is 3.33. The minimum Gasteiger partial charge on any atom is -0.497 e. The van der Waals surface area contributed by atoms with E-state index >= 15 is 0 Å². The molecule has 0 bridgehead atoms. The molecule has 0 aliphatic rings. The number of hydrogen-bond donors (Lipinski definition) is 2. The van der Waals surface area contributed by atoms with E-state index in [1.54, 1.807) is 19.2 Å². The molecule has 1 atom stereocenters. The molecule has 3 rings (SSSR count). The standard InChI is InChI=1S/C25H28N2O6S/c1-31-20-11-9-19(10-12-20)17-26-25(28)22(15-18-7-5-4-6-8-18)27-34(29,30)21-13-14-23(32-2)24(16-21)33-3/h4-14,16,22,27H,15,17H2,1-3H3,(H,26,28). The summed E-state index contributed by atoms with van der Waals surface area (Å²) in [4.78, 5) is 13.0. The van der Waals surface area contributed by atoms with Crippen LogP contribution in [0.1, 0.15) is 11.1 Å². The smallest absolute Gasteiger partial charge is 0.241 e. The number of ether oxygens (including phenoxy) is 3. The molecule has 0 aliphatic carbocycles. The number of amides is 1. The number of sulfonamides is 1. The fraction of sp³-hybridized carbons (Fsp3) is 0.240. The van der Waals surface area contributed by atoms with Gasteiger partial charge in [0.15, 0.2) is 11.5 Å². The molecule has 1 amide bonds. The van der Waals surface area contributed by atoms with E-state index in [-0.39, 0.29) is 23.6 Å². The molecule has 0 aromatic heterocycles. The van der Waals surface area contributed by atoms with Gasteiger partial charge in [0.1, 0.15) is 11.8 Å². The molecule has 0 heterocycles. The van der Waals surface area contributed by atoms with Crippen molar-refractivity contribution in [3.8, 4) is 17.2 Å². The van der Waals surface area contributed by atoms with Gasteiger partial charge in [0.05, 0.1) is 26.2 Å². The van der Waals surface area contributed by atoms with Gasteiger partial charge in [-0.15, -0.1) is 0 Å². The van der Waals surface area contributed by atoms with Crippen LogP contribution in [0.2, 0.25) is 0 Å². The molecule has 9 heteroatoms. The Morgan fingerprint density at radius 3 is 2.12 bits per heavy atom. The first-order valence-corrected chi connectivity index (χ1v) is 12.0. The number of methoxy groups -OCH3 is 3. The van der Waals surface area contributed by atoms with Crippen molar-refractivity contribution in [1.29, 1.82) is 0 Å². The highest BCUT2D eigenvalue weighted by Crippen LogP contribution is 2.29. The van der Waals surface area contributed by atoms with Crippen molar-refractivity contribution in [2.24, 2.45) is 0 Å². The summed E-state index contributed by atoms with van der Waals surface area (Å²) in [6, 6.07) is 19.7. The third-order valence-electron chi connectivity index (χ3n) is 5.19. The molecular weight excluding hydrogens is 456 g/mol. The Kier molecular flexibility index (Phi) is 8.50. The van der Waals surface area contributed by atoms with E-state index in [0.29, 0.717) is 11.5 Å². The molecule has 3 aromatic rings. The van der Waals surface area contributed by atoms with Crippen molar-refractivity contribution >= 4 is 15.9 Å². The van der Waals surface area contributed by atoms with Crippen molar-refractivity contribution < 1.29 is 27.4 Å². The molecule has 0 spiro atoms. The lowest BCUT2D eigenvalue weighted by molar-refractivity contribution is -0.122. The molecule has 34 heavy (non-hydrogen) atoms. The first kappa shape index (κ1) is 25.1. The van der Waals surface area contributed by atoms with E-state index in [0.717, 1.165) is 11.1 Å². The van der Waals surface area contributed by atoms with E-state index in [1.807, 2.05) is 42.5 Å². The summed E-state index contributed by atoms with van der Waals surface area (Å²) in [5.41, 5.74) is 1.68. The Labute approximate surface area is 199 Å². The predicted molar refractivity (Wildman–Crippen MR) is 129 cm³/mol. The zero-order valence-electron chi connectivity index (χ0n) is 19.3. The van der Waals surface area contributed by atoms with Crippen LogP contribution in [0.4, 0.5) is 0 Å². The van der Waals surface area contributed by atoms with Crippen LogP contribution in [0.3, 0.4) is 0 Å². The Hall–Kier alpha value is -3.56. The molecule has 0 radical (unpaired) electrons. The fourth-order valence-corrected chi connectivity index (χ4v) is 4.54. The average Bonchev–Trinajstić information content (AvgIpc) is 2.87. The molecule has 8 nitrogen and oxygen atoms in total. The Morgan fingerprint density at radius 2 is 1.50 bits per heavy atom. The SMILES string of the molecule is COc1ccc(CNC(=O)C(Cc2ccccc2)NS(=O)(=O)c2ccc(OC)c(OC)c2)cc1. The average molecular weight is 485 g/mol. The number of carbonyl (C=O) groups is 1. The van der Waals surface area contributed by atoms with Crippen LogP contribution in [-0.4, -0.2) is 41.7 Å². The number of nitrogens with one attached hydrogen (secondary N) is 2. The van der Waals surface area contributed by atoms with E-state index in [4.69, 9.17) is 14.2 Å². The molecular formula is C25H28N2O6S. The molecule has 180 valence electrons. The topological polar surface area (TPSA) is 103 Å². The Balaban J connectivity index is 1.81. The summed E-state index contributed by atoms with van der Waals surface area (Å²) in [5.74, 6) is 0.942. The van der Waals surface area contributed by atoms with Crippen LogP contribution in [-0.2, 0) is 27.8 Å². The minimum atomic E-state index is -4.04. The maximum Gasteiger partial charge on any atom is 0.241 e. The zero-order valence-corrected chi connectivity index (χ0v) is 20.1. The summed E-state index contributed by atoms with van der Waals surface area (Å²) in [5, 5.41) is 2.82. The number of benzene rings is 3. The minimum absolute atomic E-state index is 0.0360. The molecule has 2 N–H and O–H groups in total. The maximum absolute atomic E-state index is 13.1. The molecule has 3 aromatic carbocycles. The van der Waals surface area contributed by atoms with Crippen LogP contribution in [0.5, 0.6) is 17.2 Å². The van der Waals surface area contributed by atoms with Crippen LogP contribution < -0.4 is 24.2 Å². The lowest BCUT2D eigenvalue weighted by Gasteiger charge is -2.19. The molecule has 1 unspecified atom stereocenters. The van der Waals surface area contributed by atoms with Gasteiger partial charge in [-0.25, -0.2) is 8.42 Å². The third-order valence-corrected chi connectivity index (χ3v) is 6.66. The maximum atomic E-state index is 13.1. The van der Waals surface area contributed by atoms with Crippen molar-refractivity contribution in [3.63, 3.8) is 0 Å². The van der Waals surface area contributed by atoms with Crippen LogP contribution in [0.25, 0.3) is 0 Å². The number of rotatable bonds is 11. The van der Waals surface area contributed by atoms with Gasteiger partial charge in [-0.3, -0.25) is 4.79 Å². The zero-order chi connectivity index (χ0) is 24.6. The van der Waals surface area contributed by atoms with Crippen LogP contribution in [0.15, 0.2) is 77.7 Å². The Bertz CT molecular complexity index is 1200. The molecule has 0 saturated heterocycles. The normalized spacial score (nSPS) is 12.0. The predicted octanol–water partition coefficient (Wildman–Crippen LogP) is 2.92. The van der Waals surface area contributed by atoms with E-state index in [2.05, 4.69) is 10.0 Å². The summed E-state index contributed by atoms with van der Waals surface area (Å²) < 4.78 is 44.4. The molecule has 0 aliphatic heterocycles. The van der Waals surface area contributed by atoms with Crippen LogP contribution in [0, 0.1) is 0 Å². The highest BCUT2D eigenvalue weighted by Gasteiger charge is 2.27. The van der Waals surface area contributed by atoms with Crippen molar-refractivity contribution in [3.05, 3.63) is 83.9 Å². The van der Waals surface area contributed by atoms with Gasteiger partial charge in [-0.05, 0) is 41.8 Å². The second kappa shape index (κ2) is 11.5. The molecule has 0 fully saturated rings. The van der Waals surface area contributed by atoms with E-state index < -0.39 is 22.0 Å². The number of hydrogen-bond acceptors (Lipinski definition) is 6.